The fraction of sp³-hybridized carbons (Fsp3) is 0.500. The SMILES string of the molecule is O=C(O)c1oc(COCC(F)(F)F)nc1C(F)F. The Morgan fingerprint density at radius 1 is 1.44 bits per heavy atom. The number of aromatic nitrogens is 1. The van der Waals surface area contributed by atoms with Crippen LogP contribution in [0.1, 0.15) is 28.6 Å². The van der Waals surface area contributed by atoms with E-state index in [0.717, 1.165) is 0 Å². The highest BCUT2D eigenvalue weighted by atomic mass is 19.4. The molecule has 0 aliphatic heterocycles. The van der Waals surface area contributed by atoms with Crippen molar-refractivity contribution < 1.29 is 41.0 Å². The number of carboxylic acids is 1. The van der Waals surface area contributed by atoms with E-state index in [-0.39, 0.29) is 0 Å². The maximum atomic E-state index is 12.3. The van der Waals surface area contributed by atoms with Gasteiger partial charge in [-0.15, -0.1) is 0 Å². The summed E-state index contributed by atoms with van der Waals surface area (Å²) in [6.07, 6.45) is -7.80. The fourth-order valence-electron chi connectivity index (χ4n) is 0.995. The number of aromatic carboxylic acids is 1. The van der Waals surface area contributed by atoms with Crippen LogP contribution < -0.4 is 0 Å². The first-order valence-corrected chi connectivity index (χ1v) is 4.36. The van der Waals surface area contributed by atoms with Crippen LogP contribution in [0.5, 0.6) is 0 Å². The molecular weight excluding hydrogens is 269 g/mol. The third-order valence-corrected chi connectivity index (χ3v) is 1.59. The minimum absolute atomic E-state index is 0.660. The molecule has 0 saturated heterocycles. The van der Waals surface area contributed by atoms with Crippen molar-refractivity contribution in [1.82, 2.24) is 4.98 Å². The predicted octanol–water partition coefficient (Wildman–Crippen LogP) is 2.39. The topological polar surface area (TPSA) is 72.6 Å². The number of carboxylic acid groups (broad SMARTS) is 1. The summed E-state index contributed by atoms with van der Waals surface area (Å²) in [5.41, 5.74) is -1.15. The summed E-state index contributed by atoms with van der Waals surface area (Å²) in [5, 5.41) is 8.49. The second kappa shape index (κ2) is 5.29. The molecule has 1 rings (SSSR count). The van der Waals surface area contributed by atoms with E-state index < -0.39 is 49.1 Å². The number of ether oxygens (including phenoxy) is 1. The van der Waals surface area contributed by atoms with Crippen molar-refractivity contribution in [2.75, 3.05) is 6.61 Å². The molecular formula is C8H6F5NO4. The number of carbonyl (C=O) groups is 1. The number of hydrogen-bond acceptors (Lipinski definition) is 4. The average Bonchev–Trinajstić information content (AvgIpc) is 2.60. The molecule has 1 aromatic rings. The van der Waals surface area contributed by atoms with Gasteiger partial charge in [-0.2, -0.15) is 13.2 Å². The molecule has 1 N–H and O–H groups in total. The van der Waals surface area contributed by atoms with Gasteiger partial charge in [0.1, 0.15) is 13.2 Å². The van der Waals surface area contributed by atoms with Crippen LogP contribution in [0.15, 0.2) is 4.42 Å². The fourth-order valence-corrected chi connectivity index (χ4v) is 0.995. The summed E-state index contributed by atoms with van der Waals surface area (Å²) >= 11 is 0. The lowest BCUT2D eigenvalue weighted by Crippen LogP contribution is -2.16. The maximum absolute atomic E-state index is 12.3. The summed E-state index contributed by atoms with van der Waals surface area (Å²) in [6.45, 7) is -2.48. The largest absolute Gasteiger partial charge is 0.475 e. The van der Waals surface area contributed by atoms with Gasteiger partial charge in [0.05, 0.1) is 0 Å². The van der Waals surface area contributed by atoms with Crippen LogP contribution in [0, 0.1) is 0 Å². The Labute approximate surface area is 96.2 Å². The van der Waals surface area contributed by atoms with Crippen LogP contribution in [-0.2, 0) is 11.3 Å². The molecule has 0 unspecified atom stereocenters. The molecule has 0 fully saturated rings. The smallest absolute Gasteiger partial charge is 0.411 e. The van der Waals surface area contributed by atoms with Crippen LogP contribution in [0.25, 0.3) is 0 Å². The normalized spacial score (nSPS) is 12.1. The second-order valence-electron chi connectivity index (χ2n) is 3.04. The second-order valence-corrected chi connectivity index (χ2v) is 3.04. The Balaban J connectivity index is 2.73. The van der Waals surface area contributed by atoms with Crippen molar-refractivity contribution in [2.24, 2.45) is 0 Å². The molecule has 102 valence electrons. The quantitative estimate of drug-likeness (QED) is 0.835. The number of nitrogens with zero attached hydrogens (tertiary/aromatic N) is 1. The molecule has 0 bridgehead atoms. The van der Waals surface area contributed by atoms with E-state index in [4.69, 9.17) is 5.11 Å². The molecule has 0 aliphatic rings. The Kier molecular flexibility index (Phi) is 4.22. The van der Waals surface area contributed by atoms with Crippen molar-refractivity contribution in [2.45, 2.75) is 19.2 Å². The summed E-state index contributed by atoms with van der Waals surface area (Å²) in [4.78, 5) is 13.5. The maximum Gasteiger partial charge on any atom is 0.411 e. The van der Waals surface area contributed by atoms with Gasteiger partial charge in [-0.1, -0.05) is 0 Å². The molecule has 10 heteroatoms. The predicted molar refractivity (Wildman–Crippen MR) is 44.1 cm³/mol. The third-order valence-electron chi connectivity index (χ3n) is 1.59. The number of hydrogen-bond donors (Lipinski definition) is 1. The van der Waals surface area contributed by atoms with E-state index >= 15 is 0 Å². The van der Waals surface area contributed by atoms with E-state index in [1.54, 1.807) is 0 Å². The molecule has 5 nitrogen and oxygen atoms in total. The van der Waals surface area contributed by atoms with Crippen LogP contribution in [0.4, 0.5) is 22.0 Å². The van der Waals surface area contributed by atoms with Crippen molar-refractivity contribution in [3.63, 3.8) is 0 Å². The monoisotopic (exact) mass is 275 g/mol. The van der Waals surface area contributed by atoms with Crippen LogP contribution in [-0.4, -0.2) is 28.8 Å². The van der Waals surface area contributed by atoms with Gasteiger partial charge in [0.2, 0.25) is 11.7 Å². The van der Waals surface area contributed by atoms with E-state index in [0.29, 0.717) is 0 Å². The first-order chi connectivity index (χ1) is 8.20. The lowest BCUT2D eigenvalue weighted by atomic mass is 10.3. The highest BCUT2D eigenvalue weighted by Crippen LogP contribution is 2.24. The highest BCUT2D eigenvalue weighted by molar-refractivity contribution is 5.85. The zero-order valence-electron chi connectivity index (χ0n) is 8.50. The van der Waals surface area contributed by atoms with Crippen molar-refractivity contribution in [3.8, 4) is 0 Å². The van der Waals surface area contributed by atoms with Gasteiger partial charge < -0.3 is 14.3 Å². The molecule has 0 atom stereocenters. The number of rotatable bonds is 5. The summed E-state index contributed by atoms with van der Waals surface area (Å²) in [7, 11) is 0. The van der Waals surface area contributed by atoms with E-state index in [2.05, 4.69) is 14.1 Å². The molecule has 1 aromatic heterocycles. The lowest BCUT2D eigenvalue weighted by molar-refractivity contribution is -0.177. The van der Waals surface area contributed by atoms with Gasteiger partial charge >= 0.3 is 12.1 Å². The minimum atomic E-state index is -4.59. The summed E-state index contributed by atoms with van der Waals surface area (Å²) in [5.74, 6) is -3.57. The van der Waals surface area contributed by atoms with Crippen molar-refractivity contribution in [1.29, 1.82) is 0 Å². The molecule has 0 saturated carbocycles. The Bertz CT molecular complexity index is 428. The molecule has 18 heavy (non-hydrogen) atoms. The van der Waals surface area contributed by atoms with Crippen LogP contribution >= 0.6 is 0 Å². The van der Waals surface area contributed by atoms with Gasteiger partial charge in [0.25, 0.3) is 6.43 Å². The van der Waals surface area contributed by atoms with Crippen LogP contribution in [0.2, 0.25) is 0 Å². The van der Waals surface area contributed by atoms with Gasteiger partial charge in [-0.25, -0.2) is 18.6 Å². The highest BCUT2D eigenvalue weighted by Gasteiger charge is 2.29. The van der Waals surface area contributed by atoms with E-state index in [1.165, 1.54) is 0 Å². The molecule has 0 spiro atoms. The third kappa shape index (κ3) is 3.95. The Morgan fingerprint density at radius 3 is 2.44 bits per heavy atom. The number of alkyl halides is 5. The zero-order chi connectivity index (χ0) is 13.9. The Morgan fingerprint density at radius 2 is 2.06 bits per heavy atom. The summed E-state index contributed by atoms with van der Waals surface area (Å²) in [6, 6.07) is 0. The molecule has 0 amide bonds. The Hall–Kier alpha value is -1.71. The molecule has 0 radical (unpaired) electrons. The first kappa shape index (κ1) is 14.4. The van der Waals surface area contributed by atoms with Crippen molar-refractivity contribution >= 4 is 5.97 Å². The van der Waals surface area contributed by atoms with Gasteiger partial charge in [-0.3, -0.25) is 0 Å². The standard InChI is InChI=1S/C8H6F5NO4/c9-6(10)4-5(7(15)16)18-3(14-4)1-17-2-8(11,12)13/h6H,1-2H2,(H,15,16). The lowest BCUT2D eigenvalue weighted by Gasteiger charge is -2.04. The molecule has 1 heterocycles. The number of halogens is 5. The van der Waals surface area contributed by atoms with Crippen molar-refractivity contribution in [3.05, 3.63) is 17.3 Å². The average molecular weight is 275 g/mol. The number of oxazole rings is 1. The van der Waals surface area contributed by atoms with E-state index in [1.807, 2.05) is 0 Å². The minimum Gasteiger partial charge on any atom is -0.475 e. The van der Waals surface area contributed by atoms with Gasteiger partial charge in [0, 0.05) is 0 Å². The van der Waals surface area contributed by atoms with Gasteiger partial charge in [-0.05, 0) is 0 Å². The molecule has 0 aliphatic carbocycles. The summed E-state index contributed by atoms with van der Waals surface area (Å²) < 4.78 is 68.2. The molecule has 0 aromatic carbocycles. The zero-order valence-corrected chi connectivity index (χ0v) is 8.50. The first-order valence-electron chi connectivity index (χ1n) is 4.36. The van der Waals surface area contributed by atoms with E-state index in [9.17, 15) is 26.7 Å². The van der Waals surface area contributed by atoms with Gasteiger partial charge in [0.15, 0.2) is 5.69 Å². The van der Waals surface area contributed by atoms with Crippen LogP contribution in [0.3, 0.4) is 0 Å².